The summed E-state index contributed by atoms with van der Waals surface area (Å²) in [6, 6.07) is 7.32. The van der Waals surface area contributed by atoms with E-state index in [1.54, 1.807) is 16.8 Å². The smallest absolute Gasteiger partial charge is 0.356 e. The second-order valence-corrected chi connectivity index (χ2v) is 5.46. The number of nitrogens with zero attached hydrogens (tertiary/aromatic N) is 2. The van der Waals surface area contributed by atoms with Crippen LogP contribution in [-0.4, -0.2) is 20.9 Å². The van der Waals surface area contributed by atoms with Gasteiger partial charge in [0.05, 0.1) is 5.69 Å². The molecule has 2 aromatic rings. The summed E-state index contributed by atoms with van der Waals surface area (Å²) in [7, 11) is 0. The zero-order chi connectivity index (χ0) is 14.1. The molecule has 20 heavy (non-hydrogen) atoms. The van der Waals surface area contributed by atoms with Crippen LogP contribution in [0.15, 0.2) is 24.3 Å². The predicted molar refractivity (Wildman–Crippen MR) is 76.8 cm³/mol. The van der Waals surface area contributed by atoms with Gasteiger partial charge in [-0.1, -0.05) is 18.0 Å². The van der Waals surface area contributed by atoms with E-state index in [2.05, 4.69) is 5.10 Å². The first-order valence-electron chi connectivity index (χ1n) is 6.77. The number of aromatic nitrogens is 2. The quantitative estimate of drug-likeness (QED) is 0.861. The van der Waals surface area contributed by atoms with E-state index in [9.17, 15) is 9.90 Å². The van der Waals surface area contributed by atoms with Crippen LogP contribution in [0, 0.1) is 0 Å². The van der Waals surface area contributed by atoms with Crippen molar-refractivity contribution in [2.24, 2.45) is 0 Å². The molecule has 0 saturated heterocycles. The van der Waals surface area contributed by atoms with Gasteiger partial charge in [-0.15, -0.1) is 0 Å². The summed E-state index contributed by atoms with van der Waals surface area (Å²) in [6.07, 6.45) is 4.90. The van der Waals surface area contributed by atoms with E-state index in [0.717, 1.165) is 49.0 Å². The van der Waals surface area contributed by atoms with Gasteiger partial charge in [-0.2, -0.15) is 5.10 Å². The lowest BCUT2D eigenvalue weighted by Crippen LogP contribution is -2.04. The molecule has 1 N–H and O–H groups in total. The number of rotatable bonds is 2. The zero-order valence-electron chi connectivity index (χ0n) is 11.0. The van der Waals surface area contributed by atoms with Crippen LogP contribution in [-0.2, 0) is 12.8 Å². The van der Waals surface area contributed by atoms with Crippen LogP contribution < -0.4 is 0 Å². The van der Waals surface area contributed by atoms with Crippen LogP contribution in [0.25, 0.3) is 5.69 Å². The van der Waals surface area contributed by atoms with Crippen molar-refractivity contribution in [3.8, 4) is 5.69 Å². The second kappa shape index (κ2) is 5.29. The highest BCUT2D eigenvalue weighted by molar-refractivity contribution is 6.30. The molecule has 4 nitrogen and oxygen atoms in total. The van der Waals surface area contributed by atoms with E-state index >= 15 is 0 Å². The molecule has 0 aliphatic heterocycles. The Morgan fingerprint density at radius 2 is 1.85 bits per heavy atom. The molecule has 1 aromatic heterocycles. The third-order valence-corrected chi connectivity index (χ3v) is 3.96. The lowest BCUT2D eigenvalue weighted by Gasteiger charge is -2.07. The molecule has 0 amide bonds. The SMILES string of the molecule is O=C(O)c1nn(-c2ccc(Cl)cc2)c2c1CCCCC2. The van der Waals surface area contributed by atoms with Crippen LogP contribution in [0.2, 0.25) is 5.02 Å². The first-order valence-corrected chi connectivity index (χ1v) is 7.14. The third-order valence-electron chi connectivity index (χ3n) is 3.70. The van der Waals surface area contributed by atoms with Crippen LogP contribution in [0.3, 0.4) is 0 Å². The van der Waals surface area contributed by atoms with Crippen molar-refractivity contribution in [2.45, 2.75) is 32.1 Å². The Labute approximate surface area is 122 Å². The van der Waals surface area contributed by atoms with Crippen LogP contribution >= 0.6 is 11.6 Å². The van der Waals surface area contributed by atoms with Crippen molar-refractivity contribution in [2.75, 3.05) is 0 Å². The van der Waals surface area contributed by atoms with Crippen LogP contribution in [0.5, 0.6) is 0 Å². The molecule has 1 aromatic carbocycles. The number of carboxylic acids is 1. The van der Waals surface area contributed by atoms with Crippen LogP contribution in [0.4, 0.5) is 0 Å². The number of hydrogen-bond acceptors (Lipinski definition) is 2. The number of carbonyl (C=O) groups is 1. The highest BCUT2D eigenvalue weighted by atomic mass is 35.5. The molecule has 0 bridgehead atoms. The Hall–Kier alpha value is -1.81. The van der Waals surface area contributed by atoms with Gasteiger partial charge in [0.15, 0.2) is 5.69 Å². The molecule has 5 heteroatoms. The highest BCUT2D eigenvalue weighted by Gasteiger charge is 2.24. The molecule has 1 aliphatic carbocycles. The minimum absolute atomic E-state index is 0.192. The van der Waals surface area contributed by atoms with Gasteiger partial charge in [-0.05, 0) is 49.9 Å². The van der Waals surface area contributed by atoms with Gasteiger partial charge >= 0.3 is 5.97 Å². The average Bonchev–Trinajstić information content (AvgIpc) is 2.63. The highest BCUT2D eigenvalue weighted by Crippen LogP contribution is 2.26. The maximum Gasteiger partial charge on any atom is 0.356 e. The van der Waals surface area contributed by atoms with Crippen molar-refractivity contribution in [1.82, 2.24) is 9.78 Å². The molecule has 0 atom stereocenters. The lowest BCUT2D eigenvalue weighted by molar-refractivity contribution is 0.0688. The fourth-order valence-electron chi connectivity index (χ4n) is 2.74. The topological polar surface area (TPSA) is 55.1 Å². The summed E-state index contributed by atoms with van der Waals surface area (Å²) >= 11 is 5.90. The Kier molecular flexibility index (Phi) is 3.49. The molecule has 1 heterocycles. The van der Waals surface area contributed by atoms with E-state index in [-0.39, 0.29) is 5.69 Å². The second-order valence-electron chi connectivity index (χ2n) is 5.03. The van der Waals surface area contributed by atoms with Gasteiger partial charge in [-0.25, -0.2) is 9.48 Å². The summed E-state index contributed by atoms with van der Waals surface area (Å²) in [5.41, 5.74) is 2.98. The van der Waals surface area contributed by atoms with Gasteiger partial charge < -0.3 is 5.11 Å². The summed E-state index contributed by atoms with van der Waals surface area (Å²) < 4.78 is 1.76. The maximum atomic E-state index is 11.4. The van der Waals surface area contributed by atoms with Gasteiger partial charge in [-0.3, -0.25) is 0 Å². The van der Waals surface area contributed by atoms with E-state index < -0.39 is 5.97 Å². The Balaban J connectivity index is 2.15. The molecule has 1 aliphatic rings. The van der Waals surface area contributed by atoms with Crippen LogP contribution in [0.1, 0.15) is 41.0 Å². The van der Waals surface area contributed by atoms with Crippen molar-refractivity contribution in [3.63, 3.8) is 0 Å². The maximum absolute atomic E-state index is 11.4. The normalized spacial score (nSPS) is 14.7. The van der Waals surface area contributed by atoms with E-state index in [1.165, 1.54) is 0 Å². The number of hydrogen-bond donors (Lipinski definition) is 1. The van der Waals surface area contributed by atoms with E-state index in [1.807, 2.05) is 12.1 Å². The zero-order valence-corrected chi connectivity index (χ0v) is 11.7. The van der Waals surface area contributed by atoms with Crippen molar-refractivity contribution in [1.29, 1.82) is 0 Å². The molecular weight excluding hydrogens is 276 g/mol. The number of carboxylic acid groups (broad SMARTS) is 1. The van der Waals surface area contributed by atoms with E-state index in [0.29, 0.717) is 5.02 Å². The van der Waals surface area contributed by atoms with Crippen molar-refractivity contribution < 1.29 is 9.90 Å². The minimum atomic E-state index is -0.948. The Morgan fingerprint density at radius 3 is 2.55 bits per heavy atom. The molecule has 0 fully saturated rings. The monoisotopic (exact) mass is 290 g/mol. The predicted octanol–water partition coefficient (Wildman–Crippen LogP) is 3.49. The standard InChI is InChI=1S/C15H15ClN2O2/c16-10-6-8-11(9-7-10)18-13-5-3-1-2-4-12(13)14(17-18)15(19)20/h6-9H,1-5H2,(H,19,20). The molecule has 104 valence electrons. The summed E-state index contributed by atoms with van der Waals surface area (Å²) in [4.78, 5) is 11.4. The third kappa shape index (κ3) is 2.31. The van der Waals surface area contributed by atoms with Gasteiger partial charge in [0.1, 0.15) is 0 Å². The Bertz CT molecular complexity index is 647. The first kappa shape index (κ1) is 13.2. The van der Waals surface area contributed by atoms with Gasteiger partial charge in [0, 0.05) is 16.3 Å². The fourth-order valence-corrected chi connectivity index (χ4v) is 2.87. The number of benzene rings is 1. The van der Waals surface area contributed by atoms with E-state index in [4.69, 9.17) is 11.6 Å². The summed E-state index contributed by atoms with van der Waals surface area (Å²) in [5.74, 6) is -0.948. The summed E-state index contributed by atoms with van der Waals surface area (Å²) in [5, 5.41) is 14.3. The molecule has 0 saturated carbocycles. The van der Waals surface area contributed by atoms with Crippen molar-refractivity contribution >= 4 is 17.6 Å². The average molecular weight is 291 g/mol. The van der Waals surface area contributed by atoms with Crippen molar-refractivity contribution in [3.05, 3.63) is 46.2 Å². The first-order chi connectivity index (χ1) is 9.66. The fraction of sp³-hybridized carbons (Fsp3) is 0.333. The summed E-state index contributed by atoms with van der Waals surface area (Å²) in [6.45, 7) is 0. The number of fused-ring (bicyclic) bond motifs is 1. The number of aromatic carboxylic acids is 1. The largest absolute Gasteiger partial charge is 0.476 e. The lowest BCUT2D eigenvalue weighted by atomic mass is 10.1. The number of halogens is 1. The molecule has 0 unspecified atom stereocenters. The molecule has 3 rings (SSSR count). The molecule has 0 radical (unpaired) electrons. The molecular formula is C15H15ClN2O2. The van der Waals surface area contributed by atoms with Gasteiger partial charge in [0.25, 0.3) is 0 Å². The Morgan fingerprint density at radius 1 is 1.15 bits per heavy atom. The molecule has 0 spiro atoms. The van der Waals surface area contributed by atoms with Gasteiger partial charge in [0.2, 0.25) is 0 Å². The minimum Gasteiger partial charge on any atom is -0.476 e.